The highest BCUT2D eigenvalue weighted by Crippen LogP contribution is 2.24. The van der Waals surface area contributed by atoms with E-state index in [0.29, 0.717) is 32.2 Å². The van der Waals surface area contributed by atoms with Gasteiger partial charge in [-0.2, -0.15) is 0 Å². The first kappa shape index (κ1) is 53.1. The van der Waals surface area contributed by atoms with E-state index >= 15 is 0 Å². The molecule has 1 saturated heterocycles. The van der Waals surface area contributed by atoms with Gasteiger partial charge in [0.25, 0.3) is 0 Å². The Morgan fingerprint density at radius 3 is 1.90 bits per heavy atom. The minimum Gasteiger partial charge on any atom is -0.467 e. The van der Waals surface area contributed by atoms with Gasteiger partial charge in [0.2, 0.25) is 41.4 Å². The van der Waals surface area contributed by atoms with Crippen molar-refractivity contribution in [3.05, 3.63) is 35.9 Å². The molecule has 1 aromatic carbocycles. The molecule has 348 valence electrons. The number of likely N-dealkylation sites (N-methyl/N-ethyl adjacent to an activating group) is 3. The minimum atomic E-state index is -1.36. The van der Waals surface area contributed by atoms with Crippen LogP contribution in [-0.2, 0) is 49.5 Å². The SMILES string of the molecule is CC[C@H](C)[C@H](NC(=O)[C@H](CC(C)C)NC)C(=O)N(C)[C@@H](C(=O)N[C@@H](CCC(N)=O)C(=O)N[C@H](C(=O)N(C)[C@H](Cc1ccccc1)C(=O)N1CCC[C@H]1C(=O)OC)C(C)C)C(C)C. The maximum Gasteiger partial charge on any atom is 0.328 e. The first-order chi connectivity index (χ1) is 29.1. The second kappa shape index (κ2) is 25.1. The Morgan fingerprint density at radius 2 is 1.39 bits per heavy atom. The average molecular weight is 871 g/mol. The third kappa shape index (κ3) is 14.8. The number of amides is 7. The van der Waals surface area contributed by atoms with E-state index < -0.39 is 95.5 Å². The van der Waals surface area contributed by atoms with Crippen LogP contribution < -0.4 is 27.0 Å². The van der Waals surface area contributed by atoms with Crippen LogP contribution in [0.15, 0.2) is 30.3 Å². The average Bonchev–Trinajstić information content (AvgIpc) is 3.73. The van der Waals surface area contributed by atoms with E-state index in [2.05, 4.69) is 21.3 Å². The molecular weight excluding hydrogens is 797 g/mol. The van der Waals surface area contributed by atoms with Crippen LogP contribution >= 0.6 is 0 Å². The monoisotopic (exact) mass is 871 g/mol. The quantitative estimate of drug-likeness (QED) is 0.0946. The topological polar surface area (TPSA) is 230 Å². The van der Waals surface area contributed by atoms with Crippen LogP contribution in [0.4, 0.5) is 0 Å². The molecule has 1 aliphatic heterocycles. The Labute approximate surface area is 368 Å². The van der Waals surface area contributed by atoms with Crippen LogP contribution in [0.25, 0.3) is 0 Å². The van der Waals surface area contributed by atoms with Gasteiger partial charge in [-0.1, -0.05) is 92.1 Å². The molecule has 1 aliphatic rings. The summed E-state index contributed by atoms with van der Waals surface area (Å²) in [7, 11) is 5.89. The molecule has 8 atom stereocenters. The van der Waals surface area contributed by atoms with E-state index in [1.807, 2.05) is 58.0 Å². The predicted octanol–water partition coefficient (Wildman–Crippen LogP) is 1.76. The third-order valence-corrected chi connectivity index (χ3v) is 11.7. The highest BCUT2D eigenvalue weighted by molar-refractivity contribution is 5.97. The largest absolute Gasteiger partial charge is 0.467 e. The number of carbonyl (C=O) groups excluding carboxylic acids is 8. The van der Waals surface area contributed by atoms with E-state index in [1.54, 1.807) is 34.7 Å². The number of likely N-dealkylation sites (tertiary alicyclic amines) is 1. The lowest BCUT2D eigenvalue weighted by Crippen LogP contribution is -2.62. The van der Waals surface area contributed by atoms with Gasteiger partial charge >= 0.3 is 5.97 Å². The fourth-order valence-electron chi connectivity index (χ4n) is 7.83. The molecule has 62 heavy (non-hydrogen) atoms. The number of hydrogen-bond acceptors (Lipinski definition) is 10. The van der Waals surface area contributed by atoms with Crippen LogP contribution in [0.1, 0.15) is 99.5 Å². The number of nitrogens with zero attached hydrogens (tertiary/aromatic N) is 3. The molecule has 0 spiro atoms. The highest BCUT2D eigenvalue weighted by Gasteiger charge is 2.43. The van der Waals surface area contributed by atoms with Crippen molar-refractivity contribution in [2.45, 2.75) is 143 Å². The van der Waals surface area contributed by atoms with Gasteiger partial charge in [0.1, 0.15) is 36.3 Å². The summed E-state index contributed by atoms with van der Waals surface area (Å²) in [6, 6.07) is 2.13. The molecule has 2 rings (SSSR count). The molecule has 0 unspecified atom stereocenters. The van der Waals surface area contributed by atoms with Gasteiger partial charge in [-0.15, -0.1) is 0 Å². The number of primary amides is 1. The number of esters is 1. The number of nitrogens with one attached hydrogen (secondary N) is 4. The maximum absolute atomic E-state index is 14.5. The third-order valence-electron chi connectivity index (χ3n) is 11.7. The summed E-state index contributed by atoms with van der Waals surface area (Å²) in [6.07, 6.45) is 1.74. The fourth-order valence-corrected chi connectivity index (χ4v) is 7.83. The van der Waals surface area contributed by atoms with Crippen molar-refractivity contribution in [3.63, 3.8) is 0 Å². The summed E-state index contributed by atoms with van der Waals surface area (Å²) in [5, 5.41) is 11.4. The molecule has 1 heterocycles. The lowest BCUT2D eigenvalue weighted by Gasteiger charge is -2.36. The zero-order valence-corrected chi connectivity index (χ0v) is 39.0. The highest BCUT2D eigenvalue weighted by atomic mass is 16.5. The zero-order chi connectivity index (χ0) is 47.0. The number of carbonyl (C=O) groups is 8. The minimum absolute atomic E-state index is 0.126. The maximum atomic E-state index is 14.5. The van der Waals surface area contributed by atoms with Crippen LogP contribution in [-0.4, -0.2) is 139 Å². The van der Waals surface area contributed by atoms with Gasteiger partial charge in [-0.3, -0.25) is 33.6 Å². The van der Waals surface area contributed by atoms with Crippen LogP contribution in [0.5, 0.6) is 0 Å². The van der Waals surface area contributed by atoms with Gasteiger partial charge in [0.15, 0.2) is 0 Å². The molecule has 1 aromatic rings. The van der Waals surface area contributed by atoms with E-state index in [-0.39, 0.29) is 37.0 Å². The molecule has 0 saturated carbocycles. The first-order valence-electron chi connectivity index (χ1n) is 21.9. The number of ether oxygens (including phenoxy) is 1. The molecule has 0 bridgehead atoms. The Balaban J connectivity index is 2.44. The molecule has 0 radical (unpaired) electrons. The summed E-state index contributed by atoms with van der Waals surface area (Å²) in [5.74, 6) is -5.63. The second-order valence-corrected chi connectivity index (χ2v) is 17.6. The summed E-state index contributed by atoms with van der Waals surface area (Å²) in [5.41, 5.74) is 6.26. The van der Waals surface area contributed by atoms with Crippen LogP contribution in [0, 0.1) is 23.7 Å². The molecule has 17 nitrogen and oxygen atoms in total. The van der Waals surface area contributed by atoms with Gasteiger partial charge in [0, 0.05) is 33.5 Å². The van der Waals surface area contributed by atoms with Crippen molar-refractivity contribution in [3.8, 4) is 0 Å². The Kier molecular flexibility index (Phi) is 21.5. The summed E-state index contributed by atoms with van der Waals surface area (Å²) >= 11 is 0. The van der Waals surface area contributed by atoms with E-state index in [4.69, 9.17) is 10.5 Å². The number of benzene rings is 1. The van der Waals surface area contributed by atoms with Crippen molar-refractivity contribution in [1.29, 1.82) is 0 Å². The van der Waals surface area contributed by atoms with Crippen molar-refractivity contribution in [2.75, 3.05) is 34.8 Å². The molecule has 17 heteroatoms. The normalized spacial score (nSPS) is 17.3. The molecule has 0 aromatic heterocycles. The van der Waals surface area contributed by atoms with Gasteiger partial charge in [-0.05, 0) is 62.0 Å². The lowest BCUT2D eigenvalue weighted by molar-refractivity contribution is -0.154. The number of methoxy groups -OCH3 is 1. The molecule has 0 aliphatic carbocycles. The molecule has 1 fully saturated rings. The van der Waals surface area contributed by atoms with Crippen molar-refractivity contribution in [2.24, 2.45) is 29.4 Å². The second-order valence-electron chi connectivity index (χ2n) is 17.6. The number of nitrogens with two attached hydrogens (primary N) is 1. The van der Waals surface area contributed by atoms with E-state index in [9.17, 15) is 38.4 Å². The molecule has 6 N–H and O–H groups in total. The van der Waals surface area contributed by atoms with Gasteiger partial charge in [0.05, 0.1) is 13.2 Å². The van der Waals surface area contributed by atoms with Crippen molar-refractivity contribution < 1.29 is 43.1 Å². The first-order valence-corrected chi connectivity index (χ1v) is 21.9. The number of hydrogen-bond donors (Lipinski definition) is 5. The van der Waals surface area contributed by atoms with Crippen molar-refractivity contribution in [1.82, 2.24) is 36.0 Å². The van der Waals surface area contributed by atoms with E-state index in [1.165, 1.54) is 35.9 Å². The zero-order valence-electron chi connectivity index (χ0n) is 39.0. The summed E-state index contributed by atoms with van der Waals surface area (Å²) in [4.78, 5) is 113. The van der Waals surface area contributed by atoms with Crippen LogP contribution in [0.2, 0.25) is 0 Å². The smallest absolute Gasteiger partial charge is 0.328 e. The van der Waals surface area contributed by atoms with E-state index in [0.717, 1.165) is 5.56 Å². The Morgan fingerprint density at radius 1 is 0.806 bits per heavy atom. The molecular formula is C45H74N8O9. The Bertz CT molecular complexity index is 1690. The van der Waals surface area contributed by atoms with Gasteiger partial charge < -0.3 is 46.4 Å². The number of rotatable bonds is 24. The standard InChI is InChI=1S/C45H74N8O9/c1-13-29(8)37(50-40(56)32(47-9)24-26(2)3)44(60)52(11)38(28(6)7)41(57)48-31(21-22-35(46)54)39(55)49-36(27(4)5)43(59)51(10)34(25-30-18-15-14-16-19-30)42(58)53-23-17-20-33(53)45(61)62-12/h14-16,18-19,26-29,31-34,36-38,47H,13,17,20-25H2,1-12H3,(H2,46,54)(H,48,57)(H,49,55)(H,50,56)/t29-,31-,32-,33-,34+,36-,37-,38+/m0/s1. The van der Waals surface area contributed by atoms with Gasteiger partial charge in [-0.25, -0.2) is 4.79 Å². The Hall–Kier alpha value is -5.06. The summed E-state index contributed by atoms with van der Waals surface area (Å²) < 4.78 is 4.97. The predicted molar refractivity (Wildman–Crippen MR) is 236 cm³/mol. The lowest BCUT2D eigenvalue weighted by atomic mass is 9.94. The fraction of sp³-hybridized carbons (Fsp3) is 0.689. The summed E-state index contributed by atoms with van der Waals surface area (Å²) in [6.45, 7) is 15.0. The molecule has 7 amide bonds. The van der Waals surface area contributed by atoms with Crippen LogP contribution in [0.3, 0.4) is 0 Å². The van der Waals surface area contributed by atoms with Crippen molar-refractivity contribution >= 4 is 47.3 Å².